The van der Waals surface area contributed by atoms with Crippen molar-refractivity contribution < 1.29 is 9.59 Å². The Labute approximate surface area is 137 Å². The summed E-state index contributed by atoms with van der Waals surface area (Å²) in [5, 5.41) is 8.65. The van der Waals surface area contributed by atoms with Crippen molar-refractivity contribution in [2.75, 3.05) is 13.1 Å². The number of aromatic amines is 1. The molecule has 0 fully saturated rings. The second kappa shape index (κ2) is 7.11. The second-order valence-corrected chi connectivity index (χ2v) is 6.07. The predicted molar refractivity (Wildman–Crippen MR) is 91.9 cm³/mol. The highest BCUT2D eigenvalue weighted by molar-refractivity contribution is 7.12. The van der Waals surface area contributed by atoms with Crippen molar-refractivity contribution in [1.29, 1.82) is 0 Å². The van der Waals surface area contributed by atoms with Crippen LogP contribution < -0.4 is 10.6 Å². The summed E-state index contributed by atoms with van der Waals surface area (Å²) in [6.45, 7) is 1.05. The standard InChI is InChI=1S/C17H17N3O2S/c21-16(13-5-4-12-6-9-18-14(12)11-13)19-7-2-8-20-17(22)15-3-1-10-23-15/h1,3-6,9-11,18H,2,7-8H2,(H,19,21)(H,20,22). The Balaban J connectivity index is 1.41. The lowest BCUT2D eigenvalue weighted by atomic mass is 10.1. The Hall–Kier alpha value is -2.60. The van der Waals surface area contributed by atoms with Crippen molar-refractivity contribution in [2.24, 2.45) is 0 Å². The fraction of sp³-hybridized carbons (Fsp3) is 0.176. The van der Waals surface area contributed by atoms with E-state index in [-0.39, 0.29) is 11.8 Å². The van der Waals surface area contributed by atoms with Crippen LogP contribution in [0.15, 0.2) is 48.0 Å². The van der Waals surface area contributed by atoms with Gasteiger partial charge in [-0.2, -0.15) is 0 Å². The first-order valence-corrected chi connectivity index (χ1v) is 8.29. The molecule has 2 amide bonds. The molecule has 3 N–H and O–H groups in total. The molecule has 0 aliphatic rings. The smallest absolute Gasteiger partial charge is 0.261 e. The van der Waals surface area contributed by atoms with Gasteiger partial charge in [0.1, 0.15) is 0 Å². The minimum Gasteiger partial charge on any atom is -0.361 e. The fourth-order valence-corrected chi connectivity index (χ4v) is 2.92. The van der Waals surface area contributed by atoms with Gasteiger partial charge in [-0.15, -0.1) is 11.3 Å². The quantitative estimate of drug-likeness (QED) is 0.609. The van der Waals surface area contributed by atoms with E-state index in [9.17, 15) is 9.59 Å². The molecular weight excluding hydrogens is 310 g/mol. The lowest BCUT2D eigenvalue weighted by Crippen LogP contribution is -2.29. The summed E-state index contributed by atoms with van der Waals surface area (Å²) in [7, 11) is 0. The second-order valence-electron chi connectivity index (χ2n) is 5.12. The maximum Gasteiger partial charge on any atom is 0.261 e. The number of benzene rings is 1. The molecule has 0 aliphatic heterocycles. The van der Waals surface area contributed by atoms with Crippen molar-refractivity contribution in [3.8, 4) is 0 Å². The molecule has 0 spiro atoms. The number of hydrogen-bond acceptors (Lipinski definition) is 3. The Morgan fingerprint density at radius 3 is 2.65 bits per heavy atom. The molecule has 0 atom stereocenters. The molecule has 3 aromatic rings. The van der Waals surface area contributed by atoms with Crippen LogP contribution in [-0.2, 0) is 0 Å². The third kappa shape index (κ3) is 3.78. The van der Waals surface area contributed by atoms with Crippen molar-refractivity contribution in [3.63, 3.8) is 0 Å². The number of nitrogens with one attached hydrogen (secondary N) is 3. The summed E-state index contributed by atoms with van der Waals surface area (Å²) >= 11 is 1.41. The van der Waals surface area contributed by atoms with E-state index in [2.05, 4.69) is 15.6 Å². The zero-order valence-corrected chi connectivity index (χ0v) is 13.3. The molecule has 0 unspecified atom stereocenters. The molecule has 118 valence electrons. The van der Waals surface area contributed by atoms with Crippen molar-refractivity contribution >= 4 is 34.1 Å². The molecule has 2 heterocycles. The van der Waals surface area contributed by atoms with E-state index < -0.39 is 0 Å². The number of H-pyrrole nitrogens is 1. The topological polar surface area (TPSA) is 74.0 Å². The highest BCUT2D eigenvalue weighted by Gasteiger charge is 2.07. The molecule has 0 bridgehead atoms. The SMILES string of the molecule is O=C(NCCCNC(=O)c1cccs1)c1ccc2cc[nH]c2c1. The predicted octanol–water partition coefficient (Wildman–Crippen LogP) is 2.78. The zero-order chi connectivity index (χ0) is 16.1. The van der Waals surface area contributed by atoms with E-state index in [1.54, 1.807) is 6.07 Å². The molecule has 0 aliphatic carbocycles. The van der Waals surface area contributed by atoms with Gasteiger partial charge in [0.05, 0.1) is 4.88 Å². The number of rotatable bonds is 6. The van der Waals surface area contributed by atoms with Crippen LogP contribution in [0.5, 0.6) is 0 Å². The third-order valence-electron chi connectivity index (χ3n) is 3.49. The number of fused-ring (bicyclic) bond motifs is 1. The molecule has 0 radical (unpaired) electrons. The van der Waals surface area contributed by atoms with Crippen LogP contribution >= 0.6 is 11.3 Å². The van der Waals surface area contributed by atoms with Crippen LogP contribution in [0.3, 0.4) is 0 Å². The van der Waals surface area contributed by atoms with Crippen LogP contribution in [0.4, 0.5) is 0 Å². The van der Waals surface area contributed by atoms with Gasteiger partial charge in [0.15, 0.2) is 0 Å². The summed E-state index contributed by atoms with van der Waals surface area (Å²) < 4.78 is 0. The molecule has 23 heavy (non-hydrogen) atoms. The fourth-order valence-electron chi connectivity index (χ4n) is 2.28. The molecule has 1 aromatic carbocycles. The molecule has 6 heteroatoms. The van der Waals surface area contributed by atoms with Gasteiger partial charge in [-0.25, -0.2) is 0 Å². The Bertz CT molecular complexity index is 808. The average Bonchev–Trinajstić information content (AvgIpc) is 3.24. The van der Waals surface area contributed by atoms with Gasteiger partial charge in [-0.3, -0.25) is 9.59 Å². The first-order valence-electron chi connectivity index (χ1n) is 7.41. The first-order chi connectivity index (χ1) is 11.2. The lowest BCUT2D eigenvalue weighted by molar-refractivity contribution is 0.0953. The van der Waals surface area contributed by atoms with Crippen LogP contribution in [0.1, 0.15) is 26.5 Å². The molecule has 0 saturated heterocycles. The maximum atomic E-state index is 12.1. The number of thiophene rings is 1. The molecule has 0 saturated carbocycles. The van der Waals surface area contributed by atoms with Crippen molar-refractivity contribution in [3.05, 3.63) is 58.4 Å². The molecule has 3 rings (SSSR count). The summed E-state index contributed by atoms with van der Waals surface area (Å²) in [6.07, 6.45) is 2.54. The Morgan fingerprint density at radius 1 is 1.04 bits per heavy atom. The van der Waals surface area contributed by atoms with Gasteiger partial charge in [-0.05, 0) is 41.5 Å². The van der Waals surface area contributed by atoms with Gasteiger partial charge < -0.3 is 15.6 Å². The monoisotopic (exact) mass is 327 g/mol. The van der Waals surface area contributed by atoms with E-state index in [0.717, 1.165) is 10.9 Å². The highest BCUT2D eigenvalue weighted by Crippen LogP contribution is 2.14. The van der Waals surface area contributed by atoms with Gasteiger partial charge in [0, 0.05) is 30.4 Å². The Morgan fingerprint density at radius 2 is 1.87 bits per heavy atom. The number of carbonyl (C=O) groups excluding carboxylic acids is 2. The van der Waals surface area contributed by atoms with Crippen LogP contribution in [0, 0.1) is 0 Å². The molecular formula is C17H17N3O2S. The first kappa shape index (κ1) is 15.3. The van der Waals surface area contributed by atoms with Crippen LogP contribution in [0.2, 0.25) is 0 Å². The number of amides is 2. The van der Waals surface area contributed by atoms with Gasteiger partial charge in [0.25, 0.3) is 11.8 Å². The highest BCUT2D eigenvalue weighted by atomic mass is 32.1. The van der Waals surface area contributed by atoms with Crippen LogP contribution in [-0.4, -0.2) is 29.9 Å². The summed E-state index contributed by atoms with van der Waals surface area (Å²) in [5.41, 5.74) is 1.57. The Kier molecular flexibility index (Phi) is 4.73. The third-order valence-corrected chi connectivity index (χ3v) is 4.36. The number of carbonyl (C=O) groups is 2. The minimum absolute atomic E-state index is 0.0662. The summed E-state index contributed by atoms with van der Waals surface area (Å²) in [6, 6.07) is 11.2. The van der Waals surface area contributed by atoms with Gasteiger partial charge >= 0.3 is 0 Å². The van der Waals surface area contributed by atoms with Gasteiger partial charge in [0.2, 0.25) is 0 Å². The largest absolute Gasteiger partial charge is 0.361 e. The molecule has 2 aromatic heterocycles. The normalized spacial score (nSPS) is 10.6. The van der Waals surface area contributed by atoms with E-state index >= 15 is 0 Å². The number of hydrogen-bond donors (Lipinski definition) is 3. The number of aromatic nitrogens is 1. The van der Waals surface area contributed by atoms with Crippen LogP contribution in [0.25, 0.3) is 10.9 Å². The lowest BCUT2D eigenvalue weighted by Gasteiger charge is -2.06. The average molecular weight is 327 g/mol. The van der Waals surface area contributed by atoms with E-state index in [4.69, 9.17) is 0 Å². The van der Waals surface area contributed by atoms with E-state index in [1.165, 1.54) is 11.3 Å². The summed E-state index contributed by atoms with van der Waals surface area (Å²) in [4.78, 5) is 27.6. The van der Waals surface area contributed by atoms with Gasteiger partial charge in [-0.1, -0.05) is 12.1 Å². The molecule has 5 nitrogen and oxygen atoms in total. The van der Waals surface area contributed by atoms with Crippen molar-refractivity contribution in [1.82, 2.24) is 15.6 Å². The van der Waals surface area contributed by atoms with E-state index in [1.807, 2.05) is 41.9 Å². The maximum absolute atomic E-state index is 12.1. The van der Waals surface area contributed by atoms with E-state index in [0.29, 0.717) is 30.0 Å². The zero-order valence-electron chi connectivity index (χ0n) is 12.5. The summed E-state index contributed by atoms with van der Waals surface area (Å²) in [5.74, 6) is -0.172. The van der Waals surface area contributed by atoms with Crippen molar-refractivity contribution in [2.45, 2.75) is 6.42 Å². The minimum atomic E-state index is -0.105.